The van der Waals surface area contributed by atoms with E-state index in [1.807, 2.05) is 0 Å². The zero-order valence-corrected chi connectivity index (χ0v) is 10.7. The third-order valence-corrected chi connectivity index (χ3v) is 3.44. The van der Waals surface area contributed by atoms with Crippen molar-refractivity contribution in [2.45, 2.75) is 59.1 Å². The second kappa shape index (κ2) is 5.86. The first kappa shape index (κ1) is 13.0. The van der Waals surface area contributed by atoms with Gasteiger partial charge in [-0.3, -0.25) is 0 Å². The zero-order chi connectivity index (χ0) is 11.4. The van der Waals surface area contributed by atoms with Crippen LogP contribution in [0.15, 0.2) is 0 Å². The van der Waals surface area contributed by atoms with Crippen molar-refractivity contribution in [2.75, 3.05) is 6.61 Å². The molecule has 0 aromatic heterocycles. The Morgan fingerprint density at radius 2 is 1.67 bits per heavy atom. The van der Waals surface area contributed by atoms with Gasteiger partial charge >= 0.3 is 0 Å². The number of rotatable bonds is 4. The van der Waals surface area contributed by atoms with E-state index in [-0.39, 0.29) is 6.04 Å². The van der Waals surface area contributed by atoms with Gasteiger partial charge in [0.1, 0.15) is 0 Å². The van der Waals surface area contributed by atoms with E-state index in [4.69, 9.17) is 10.5 Å². The molecule has 3 unspecified atom stereocenters. The van der Waals surface area contributed by atoms with Crippen LogP contribution < -0.4 is 5.73 Å². The van der Waals surface area contributed by atoms with Gasteiger partial charge in [0, 0.05) is 6.04 Å². The summed E-state index contributed by atoms with van der Waals surface area (Å²) in [5, 5.41) is 0. The molecule has 1 rings (SSSR count). The minimum absolute atomic E-state index is 0.234. The van der Waals surface area contributed by atoms with Crippen LogP contribution in [0.25, 0.3) is 0 Å². The average Bonchev–Trinajstić information content (AvgIpc) is 2.12. The minimum atomic E-state index is 0.234. The third kappa shape index (κ3) is 4.52. The van der Waals surface area contributed by atoms with Gasteiger partial charge < -0.3 is 10.5 Å². The summed E-state index contributed by atoms with van der Waals surface area (Å²) in [6, 6.07) is 0.234. The van der Waals surface area contributed by atoms with Crippen LogP contribution in [-0.4, -0.2) is 18.8 Å². The van der Waals surface area contributed by atoms with E-state index >= 15 is 0 Å². The van der Waals surface area contributed by atoms with Gasteiger partial charge in [0.25, 0.3) is 0 Å². The van der Waals surface area contributed by atoms with Gasteiger partial charge in [-0.05, 0) is 50.9 Å². The summed E-state index contributed by atoms with van der Waals surface area (Å²) in [6.07, 6.45) is 4.24. The van der Waals surface area contributed by atoms with Gasteiger partial charge in [0.05, 0.1) is 12.7 Å². The first-order chi connectivity index (χ1) is 6.99. The highest BCUT2D eigenvalue weighted by molar-refractivity contribution is 4.81. The van der Waals surface area contributed by atoms with Gasteiger partial charge in [-0.25, -0.2) is 0 Å². The van der Waals surface area contributed by atoms with Crippen LogP contribution in [0.1, 0.15) is 47.0 Å². The van der Waals surface area contributed by atoms with Gasteiger partial charge in [0.2, 0.25) is 0 Å². The standard InChI is InChI=1S/C13H27NO/c1-9(2)15-8-13(14)12-6-10(3)5-11(4)7-12/h9-13H,5-8,14H2,1-4H3. The molecule has 3 atom stereocenters. The lowest BCUT2D eigenvalue weighted by molar-refractivity contribution is 0.0453. The van der Waals surface area contributed by atoms with Crippen molar-refractivity contribution in [2.24, 2.45) is 23.5 Å². The van der Waals surface area contributed by atoms with E-state index in [1.165, 1.54) is 19.3 Å². The van der Waals surface area contributed by atoms with Crippen molar-refractivity contribution in [3.05, 3.63) is 0 Å². The molecule has 0 amide bonds. The highest BCUT2D eigenvalue weighted by Gasteiger charge is 2.28. The molecule has 2 heteroatoms. The van der Waals surface area contributed by atoms with Gasteiger partial charge in [-0.1, -0.05) is 13.8 Å². The highest BCUT2D eigenvalue weighted by Crippen LogP contribution is 2.34. The summed E-state index contributed by atoms with van der Waals surface area (Å²) >= 11 is 0. The second-order valence-corrected chi connectivity index (χ2v) is 5.72. The Morgan fingerprint density at radius 1 is 1.13 bits per heavy atom. The molecule has 1 aliphatic carbocycles. The zero-order valence-electron chi connectivity index (χ0n) is 10.7. The Kier molecular flexibility index (Phi) is 5.07. The first-order valence-corrected chi connectivity index (χ1v) is 6.36. The normalized spacial score (nSPS) is 34.4. The van der Waals surface area contributed by atoms with Crippen LogP contribution in [0.2, 0.25) is 0 Å². The molecular weight excluding hydrogens is 186 g/mol. The van der Waals surface area contributed by atoms with Crippen LogP contribution >= 0.6 is 0 Å². The molecule has 2 N–H and O–H groups in total. The average molecular weight is 213 g/mol. The van der Waals surface area contributed by atoms with E-state index in [0.717, 1.165) is 18.4 Å². The Hall–Kier alpha value is -0.0800. The first-order valence-electron chi connectivity index (χ1n) is 6.36. The van der Waals surface area contributed by atoms with E-state index in [2.05, 4.69) is 27.7 Å². The largest absolute Gasteiger partial charge is 0.377 e. The van der Waals surface area contributed by atoms with E-state index < -0.39 is 0 Å². The van der Waals surface area contributed by atoms with Gasteiger partial charge in [-0.2, -0.15) is 0 Å². The summed E-state index contributed by atoms with van der Waals surface area (Å²) < 4.78 is 5.60. The fourth-order valence-electron chi connectivity index (χ4n) is 2.80. The fourth-order valence-corrected chi connectivity index (χ4v) is 2.80. The van der Waals surface area contributed by atoms with Crippen LogP contribution in [-0.2, 0) is 4.74 Å². The number of hydrogen-bond acceptors (Lipinski definition) is 2. The molecule has 1 saturated carbocycles. The lowest BCUT2D eigenvalue weighted by Gasteiger charge is -2.35. The Labute approximate surface area is 94.6 Å². The summed E-state index contributed by atoms with van der Waals surface area (Å²) in [6.45, 7) is 9.55. The Balaban J connectivity index is 2.34. The predicted octanol–water partition coefficient (Wildman–Crippen LogP) is 2.81. The molecule has 0 radical (unpaired) electrons. The molecule has 0 bridgehead atoms. The van der Waals surface area contributed by atoms with Crippen molar-refractivity contribution < 1.29 is 4.74 Å². The van der Waals surface area contributed by atoms with Crippen LogP contribution in [0.3, 0.4) is 0 Å². The molecule has 2 nitrogen and oxygen atoms in total. The Morgan fingerprint density at radius 3 is 2.13 bits per heavy atom. The van der Waals surface area contributed by atoms with Crippen LogP contribution in [0.4, 0.5) is 0 Å². The molecule has 0 aliphatic heterocycles. The summed E-state index contributed by atoms with van der Waals surface area (Å²) in [5.41, 5.74) is 6.20. The minimum Gasteiger partial charge on any atom is -0.377 e. The SMILES string of the molecule is CC1CC(C)CC(C(N)COC(C)C)C1. The fraction of sp³-hybridized carbons (Fsp3) is 1.00. The maximum absolute atomic E-state index is 6.20. The topological polar surface area (TPSA) is 35.2 Å². The van der Waals surface area contributed by atoms with Crippen LogP contribution in [0, 0.1) is 17.8 Å². The highest BCUT2D eigenvalue weighted by atomic mass is 16.5. The van der Waals surface area contributed by atoms with Gasteiger partial charge in [0.15, 0.2) is 0 Å². The van der Waals surface area contributed by atoms with E-state index in [1.54, 1.807) is 0 Å². The number of nitrogens with two attached hydrogens (primary N) is 1. The quantitative estimate of drug-likeness (QED) is 0.779. The van der Waals surface area contributed by atoms with Crippen molar-refractivity contribution >= 4 is 0 Å². The second-order valence-electron chi connectivity index (χ2n) is 5.72. The predicted molar refractivity (Wildman–Crippen MR) is 64.7 cm³/mol. The molecule has 15 heavy (non-hydrogen) atoms. The van der Waals surface area contributed by atoms with E-state index in [0.29, 0.717) is 12.0 Å². The molecule has 1 aliphatic rings. The molecule has 90 valence electrons. The molecule has 0 saturated heterocycles. The van der Waals surface area contributed by atoms with E-state index in [9.17, 15) is 0 Å². The van der Waals surface area contributed by atoms with Crippen molar-refractivity contribution in [3.63, 3.8) is 0 Å². The molecular formula is C13H27NO. The lowest BCUT2D eigenvalue weighted by atomic mass is 9.74. The third-order valence-electron chi connectivity index (χ3n) is 3.44. The summed E-state index contributed by atoms with van der Waals surface area (Å²) in [4.78, 5) is 0. The maximum Gasteiger partial charge on any atom is 0.0623 e. The Bertz CT molecular complexity index is 171. The van der Waals surface area contributed by atoms with Crippen molar-refractivity contribution in [3.8, 4) is 0 Å². The monoisotopic (exact) mass is 213 g/mol. The van der Waals surface area contributed by atoms with Crippen LogP contribution in [0.5, 0.6) is 0 Å². The molecule has 0 spiro atoms. The summed E-state index contributed by atoms with van der Waals surface area (Å²) in [7, 11) is 0. The number of ether oxygens (including phenoxy) is 1. The molecule has 0 aromatic rings. The molecule has 1 fully saturated rings. The van der Waals surface area contributed by atoms with Crippen molar-refractivity contribution in [1.82, 2.24) is 0 Å². The number of hydrogen-bond donors (Lipinski definition) is 1. The van der Waals surface area contributed by atoms with Gasteiger partial charge in [-0.15, -0.1) is 0 Å². The molecule has 0 aromatic carbocycles. The maximum atomic E-state index is 6.20. The summed E-state index contributed by atoms with van der Waals surface area (Å²) in [5.74, 6) is 2.34. The smallest absolute Gasteiger partial charge is 0.0623 e. The lowest BCUT2D eigenvalue weighted by Crippen LogP contribution is -2.39. The molecule has 0 heterocycles. The van der Waals surface area contributed by atoms with Crippen molar-refractivity contribution in [1.29, 1.82) is 0 Å².